The van der Waals surface area contributed by atoms with Crippen LogP contribution in [0, 0.1) is 6.92 Å². The van der Waals surface area contributed by atoms with Crippen molar-refractivity contribution in [2.24, 2.45) is 4.99 Å². The molecule has 0 spiro atoms. The minimum atomic E-state index is -0.549. The van der Waals surface area contributed by atoms with Crippen LogP contribution in [0.15, 0.2) is 41.0 Å². The van der Waals surface area contributed by atoms with Crippen molar-refractivity contribution < 1.29 is 28.5 Å². The van der Waals surface area contributed by atoms with Crippen LogP contribution in [0.4, 0.5) is 0 Å². The Morgan fingerprint density at radius 1 is 0.893 bits per heavy atom. The molecule has 146 valence electrons. The van der Waals surface area contributed by atoms with Gasteiger partial charge in [0.05, 0.1) is 28.4 Å². The van der Waals surface area contributed by atoms with E-state index in [0.29, 0.717) is 28.6 Å². The number of hydrogen-bond donors (Lipinski definition) is 0. The average molecular weight is 383 g/mol. The Balaban J connectivity index is 2.04. The van der Waals surface area contributed by atoms with Crippen LogP contribution >= 0.6 is 0 Å². The molecule has 0 radical (unpaired) electrons. The van der Waals surface area contributed by atoms with Gasteiger partial charge < -0.3 is 23.7 Å². The highest BCUT2D eigenvalue weighted by atomic mass is 16.6. The lowest BCUT2D eigenvalue weighted by atomic mass is 10.1. The molecule has 1 heterocycles. The molecule has 3 rings (SSSR count). The first-order valence-corrected chi connectivity index (χ1v) is 8.48. The molecular formula is C21H21NO6. The van der Waals surface area contributed by atoms with Crippen LogP contribution in [0.1, 0.15) is 16.7 Å². The number of ether oxygens (including phenoxy) is 5. The first kappa shape index (κ1) is 19.3. The molecular weight excluding hydrogens is 362 g/mol. The number of aryl methyl sites for hydroxylation is 1. The Kier molecular flexibility index (Phi) is 5.54. The monoisotopic (exact) mass is 383 g/mol. The quantitative estimate of drug-likeness (QED) is 0.562. The van der Waals surface area contributed by atoms with E-state index < -0.39 is 5.97 Å². The van der Waals surface area contributed by atoms with Crippen molar-refractivity contribution in [3.63, 3.8) is 0 Å². The summed E-state index contributed by atoms with van der Waals surface area (Å²) in [4.78, 5) is 16.7. The summed E-state index contributed by atoms with van der Waals surface area (Å²) in [5.74, 6) is 1.57. The number of methoxy groups -OCH3 is 4. The fourth-order valence-electron chi connectivity index (χ4n) is 2.85. The maximum atomic E-state index is 12.3. The Morgan fingerprint density at radius 3 is 2.11 bits per heavy atom. The van der Waals surface area contributed by atoms with Gasteiger partial charge in [0.15, 0.2) is 17.2 Å². The molecule has 0 atom stereocenters. The van der Waals surface area contributed by atoms with Gasteiger partial charge in [0, 0.05) is 11.1 Å². The zero-order valence-electron chi connectivity index (χ0n) is 16.4. The fraction of sp³-hybridized carbons (Fsp3) is 0.238. The van der Waals surface area contributed by atoms with Crippen molar-refractivity contribution >= 4 is 17.9 Å². The van der Waals surface area contributed by atoms with Gasteiger partial charge in [-0.3, -0.25) is 0 Å². The molecule has 1 aliphatic heterocycles. The predicted molar refractivity (Wildman–Crippen MR) is 104 cm³/mol. The molecule has 1 aliphatic rings. The Labute approximate surface area is 163 Å². The largest absolute Gasteiger partial charge is 0.496 e. The van der Waals surface area contributed by atoms with Crippen molar-refractivity contribution in [2.75, 3.05) is 28.4 Å². The molecule has 0 saturated carbocycles. The number of rotatable bonds is 6. The van der Waals surface area contributed by atoms with Crippen LogP contribution in [0.3, 0.4) is 0 Å². The lowest BCUT2D eigenvalue weighted by molar-refractivity contribution is -0.129. The molecule has 2 aromatic rings. The summed E-state index contributed by atoms with van der Waals surface area (Å²) >= 11 is 0. The van der Waals surface area contributed by atoms with E-state index in [2.05, 4.69) is 4.99 Å². The van der Waals surface area contributed by atoms with Gasteiger partial charge in [-0.25, -0.2) is 9.79 Å². The minimum Gasteiger partial charge on any atom is -0.496 e. The van der Waals surface area contributed by atoms with Gasteiger partial charge in [-0.05, 0) is 37.3 Å². The van der Waals surface area contributed by atoms with Crippen molar-refractivity contribution in [3.05, 3.63) is 52.7 Å². The molecule has 2 aromatic carbocycles. The number of benzene rings is 2. The zero-order valence-corrected chi connectivity index (χ0v) is 16.4. The number of nitrogens with zero attached hydrogens (tertiary/aromatic N) is 1. The van der Waals surface area contributed by atoms with Crippen molar-refractivity contribution in [1.29, 1.82) is 0 Å². The third-order valence-electron chi connectivity index (χ3n) is 4.21. The molecule has 0 aromatic heterocycles. The summed E-state index contributed by atoms with van der Waals surface area (Å²) in [7, 11) is 6.12. The van der Waals surface area contributed by atoms with E-state index >= 15 is 0 Å². The van der Waals surface area contributed by atoms with Crippen molar-refractivity contribution in [1.82, 2.24) is 0 Å². The van der Waals surface area contributed by atoms with E-state index in [1.54, 1.807) is 25.3 Å². The molecule has 0 bridgehead atoms. The second-order valence-corrected chi connectivity index (χ2v) is 6.00. The predicted octanol–water partition coefficient (Wildman–Crippen LogP) is 3.37. The maximum Gasteiger partial charge on any atom is 0.363 e. The number of esters is 1. The molecule has 0 amide bonds. The Bertz CT molecular complexity index is 952. The number of carbonyl (C=O) groups is 1. The molecule has 0 N–H and O–H groups in total. The van der Waals surface area contributed by atoms with Crippen LogP contribution in [-0.4, -0.2) is 40.3 Å². The molecule has 7 heteroatoms. The van der Waals surface area contributed by atoms with E-state index in [9.17, 15) is 4.79 Å². The molecule has 0 fully saturated rings. The van der Waals surface area contributed by atoms with Crippen LogP contribution in [0.2, 0.25) is 0 Å². The summed E-state index contributed by atoms with van der Waals surface area (Å²) in [5, 5.41) is 0. The van der Waals surface area contributed by atoms with Gasteiger partial charge >= 0.3 is 5.97 Å². The average Bonchev–Trinajstić information content (AvgIpc) is 3.07. The number of cyclic esters (lactones) is 1. The van der Waals surface area contributed by atoms with Crippen molar-refractivity contribution in [3.8, 4) is 23.0 Å². The molecule has 7 nitrogen and oxygen atoms in total. The summed E-state index contributed by atoms with van der Waals surface area (Å²) in [6.07, 6.45) is 1.64. The van der Waals surface area contributed by atoms with E-state index in [1.807, 2.05) is 25.1 Å². The van der Waals surface area contributed by atoms with Crippen LogP contribution in [0.25, 0.3) is 6.08 Å². The van der Waals surface area contributed by atoms with Gasteiger partial charge in [-0.2, -0.15) is 0 Å². The third-order valence-corrected chi connectivity index (χ3v) is 4.21. The van der Waals surface area contributed by atoms with E-state index in [4.69, 9.17) is 23.7 Å². The maximum absolute atomic E-state index is 12.3. The van der Waals surface area contributed by atoms with Crippen LogP contribution < -0.4 is 18.9 Å². The third kappa shape index (κ3) is 3.64. The van der Waals surface area contributed by atoms with Crippen LogP contribution in [-0.2, 0) is 9.53 Å². The lowest BCUT2D eigenvalue weighted by Crippen LogP contribution is -2.07. The molecule has 0 saturated heterocycles. The van der Waals surface area contributed by atoms with Crippen LogP contribution in [0.5, 0.6) is 23.0 Å². The summed E-state index contributed by atoms with van der Waals surface area (Å²) in [6, 6.07) is 9.02. The first-order chi connectivity index (χ1) is 13.5. The number of carbonyl (C=O) groups excluding carboxylic acids is 1. The summed E-state index contributed by atoms with van der Waals surface area (Å²) in [5.41, 5.74) is 2.48. The second-order valence-electron chi connectivity index (χ2n) is 6.00. The Hall–Kier alpha value is -3.48. The van der Waals surface area contributed by atoms with E-state index in [-0.39, 0.29) is 11.6 Å². The highest BCUT2D eigenvalue weighted by molar-refractivity contribution is 6.13. The SMILES string of the molecule is COc1ccc(C)cc1/C=C1/N=C(c2cc(OC)c(OC)c(OC)c2)OC1=O. The van der Waals surface area contributed by atoms with Gasteiger partial charge in [0.1, 0.15) is 5.75 Å². The van der Waals surface area contributed by atoms with Gasteiger partial charge in [0.2, 0.25) is 11.6 Å². The van der Waals surface area contributed by atoms with E-state index in [1.165, 1.54) is 21.3 Å². The smallest absolute Gasteiger partial charge is 0.363 e. The van der Waals surface area contributed by atoms with Crippen molar-refractivity contribution in [2.45, 2.75) is 6.92 Å². The van der Waals surface area contributed by atoms with Gasteiger partial charge in [0.25, 0.3) is 0 Å². The number of aliphatic imine (C=N–C) groups is 1. The lowest BCUT2D eigenvalue weighted by Gasteiger charge is -2.13. The van der Waals surface area contributed by atoms with E-state index in [0.717, 1.165) is 11.1 Å². The zero-order chi connectivity index (χ0) is 20.3. The highest BCUT2D eigenvalue weighted by Crippen LogP contribution is 2.39. The highest BCUT2D eigenvalue weighted by Gasteiger charge is 2.26. The Morgan fingerprint density at radius 2 is 1.54 bits per heavy atom. The number of hydrogen-bond acceptors (Lipinski definition) is 7. The second kappa shape index (κ2) is 8.04. The first-order valence-electron chi connectivity index (χ1n) is 8.48. The molecule has 0 unspecified atom stereocenters. The summed E-state index contributed by atoms with van der Waals surface area (Å²) < 4.78 is 26.7. The standard InChI is InChI=1S/C21H21NO6/c1-12-6-7-16(24-2)13(8-12)9-15-21(23)28-20(22-15)14-10-17(25-3)19(27-5)18(11-14)26-4/h6-11H,1-5H3/b15-9+. The molecule has 28 heavy (non-hydrogen) atoms. The fourth-order valence-corrected chi connectivity index (χ4v) is 2.85. The summed E-state index contributed by atoms with van der Waals surface area (Å²) in [6.45, 7) is 1.96. The minimum absolute atomic E-state index is 0.155. The molecule has 0 aliphatic carbocycles. The normalized spacial score (nSPS) is 14.5. The van der Waals surface area contributed by atoms with Gasteiger partial charge in [-0.1, -0.05) is 11.6 Å². The topological polar surface area (TPSA) is 75.6 Å². The van der Waals surface area contributed by atoms with Gasteiger partial charge in [-0.15, -0.1) is 0 Å².